The molecule has 12 heteroatoms. The van der Waals surface area contributed by atoms with Gasteiger partial charge in [-0.25, -0.2) is 4.90 Å². The third kappa shape index (κ3) is 3.27. The molecule has 3 heterocycles. The molecule has 2 saturated heterocycles. The number of hydrogen-bond donors (Lipinski definition) is 0. The Morgan fingerprint density at radius 2 is 1.78 bits per heavy atom. The summed E-state index contributed by atoms with van der Waals surface area (Å²) in [5.41, 5.74) is -3.33. The average Bonchev–Trinajstić information content (AvgIpc) is 3.32. The van der Waals surface area contributed by atoms with E-state index < -0.39 is 70.3 Å². The normalized spacial score (nSPS) is 28.5. The quantitative estimate of drug-likeness (QED) is 0.287. The average molecular weight is 474 g/mol. The van der Waals surface area contributed by atoms with Crippen molar-refractivity contribution < 1.29 is 46.6 Å². The summed E-state index contributed by atoms with van der Waals surface area (Å²) in [6, 6.07) is 2.67. The molecule has 4 rings (SSSR count). The molecule has 2 fully saturated rings. The fraction of sp³-hybridized carbons (Fsp3) is 0.400. The smallest absolute Gasteiger partial charge is 0.417 e. The van der Waals surface area contributed by atoms with Crippen LogP contribution >= 0.6 is 11.6 Å². The number of halogens is 4. The van der Waals surface area contributed by atoms with Gasteiger partial charge in [0.25, 0.3) is 6.29 Å². The maximum absolute atomic E-state index is 13.3. The summed E-state index contributed by atoms with van der Waals surface area (Å²) in [5, 5.41) is -0.591. The lowest BCUT2D eigenvalue weighted by Crippen LogP contribution is -2.52. The molecule has 3 aliphatic rings. The molecule has 170 valence electrons. The number of hydrogen-bond acceptors (Lipinski definition) is 7. The molecule has 0 N–H and O–H groups in total. The maximum atomic E-state index is 13.3. The Morgan fingerprint density at radius 1 is 1.16 bits per heavy atom. The van der Waals surface area contributed by atoms with E-state index in [-0.39, 0.29) is 5.69 Å². The maximum Gasteiger partial charge on any atom is 0.417 e. The summed E-state index contributed by atoms with van der Waals surface area (Å²) >= 11 is 5.64. The highest BCUT2D eigenvalue weighted by Crippen LogP contribution is 2.55. The van der Waals surface area contributed by atoms with Gasteiger partial charge in [-0.2, -0.15) is 13.2 Å². The third-order valence-electron chi connectivity index (χ3n) is 5.51. The van der Waals surface area contributed by atoms with Gasteiger partial charge in [-0.05, 0) is 24.3 Å². The summed E-state index contributed by atoms with van der Waals surface area (Å²) in [7, 11) is 0. The largest absolute Gasteiger partial charge is 0.422 e. The molecule has 32 heavy (non-hydrogen) atoms. The monoisotopic (exact) mass is 473 g/mol. The van der Waals surface area contributed by atoms with Crippen LogP contribution in [-0.4, -0.2) is 41.7 Å². The van der Waals surface area contributed by atoms with E-state index in [9.17, 15) is 32.3 Å². The molecule has 3 aliphatic heterocycles. The van der Waals surface area contributed by atoms with Crippen molar-refractivity contribution in [3.8, 4) is 0 Å². The summed E-state index contributed by atoms with van der Waals surface area (Å²) < 4.78 is 55.8. The lowest BCUT2D eigenvalue weighted by atomic mass is 9.76. The minimum Gasteiger partial charge on any atom is -0.422 e. The number of carbonyl (C=O) groups is 4. The molecule has 8 nitrogen and oxygen atoms in total. The predicted molar refractivity (Wildman–Crippen MR) is 100.0 cm³/mol. The van der Waals surface area contributed by atoms with E-state index in [0.717, 1.165) is 26.0 Å². The van der Waals surface area contributed by atoms with E-state index in [4.69, 9.17) is 25.8 Å². The topological polar surface area (TPSA) is 99.2 Å². The van der Waals surface area contributed by atoms with Gasteiger partial charge in [-0.15, -0.1) is 0 Å². The Balaban J connectivity index is 1.76. The van der Waals surface area contributed by atoms with Crippen molar-refractivity contribution in [2.24, 2.45) is 11.8 Å². The number of amides is 2. The fourth-order valence-electron chi connectivity index (χ4n) is 4.34. The van der Waals surface area contributed by atoms with E-state index in [1.54, 1.807) is 0 Å². The molecule has 0 spiro atoms. The Labute approximate surface area is 183 Å². The number of imide groups is 1. The molecule has 1 aromatic carbocycles. The molecule has 1 aromatic rings. The zero-order chi connectivity index (χ0) is 23.6. The van der Waals surface area contributed by atoms with Crippen LogP contribution in [0.25, 0.3) is 0 Å². The first-order valence-electron chi connectivity index (χ1n) is 9.33. The van der Waals surface area contributed by atoms with E-state index in [1.165, 1.54) is 12.2 Å². The number of rotatable bonds is 4. The molecule has 2 amide bonds. The highest BCUT2D eigenvalue weighted by Gasteiger charge is 2.72. The predicted octanol–water partition coefficient (Wildman–Crippen LogP) is 2.62. The minimum absolute atomic E-state index is 0.322. The van der Waals surface area contributed by atoms with Gasteiger partial charge in [0.15, 0.2) is 5.60 Å². The molecule has 2 bridgehead atoms. The summed E-state index contributed by atoms with van der Waals surface area (Å²) in [6.07, 6.45) is -4.59. The van der Waals surface area contributed by atoms with Gasteiger partial charge in [0.1, 0.15) is 0 Å². The first kappa shape index (κ1) is 22.3. The molecule has 4 unspecified atom stereocenters. The Bertz CT molecular complexity index is 1060. The molecular formula is C20H15ClF3NO7. The second-order valence-corrected chi connectivity index (χ2v) is 7.93. The van der Waals surface area contributed by atoms with Gasteiger partial charge in [0.2, 0.25) is 11.8 Å². The first-order chi connectivity index (χ1) is 14.9. The number of benzene rings is 1. The zero-order valence-electron chi connectivity index (χ0n) is 16.5. The number of carbonyl (C=O) groups excluding carboxylic acids is 4. The van der Waals surface area contributed by atoms with Crippen molar-refractivity contribution in [3.63, 3.8) is 0 Å². The van der Waals surface area contributed by atoms with Crippen LogP contribution in [-0.2, 0) is 39.6 Å². The standard InChI is InChI=1S/C20H15ClF3NO7/c1-8(26)30-18(31-9(2)27)19-6-5-13(32-19)14-15(19)17(29)25(16(14)28)10-3-4-12(21)11(7-10)20(22,23)24/h3-7,13-15,18H,1-2H3. The molecular weight excluding hydrogens is 459 g/mol. The number of ether oxygens (including phenoxy) is 3. The summed E-state index contributed by atoms with van der Waals surface area (Å²) in [5.74, 6) is -5.75. The summed E-state index contributed by atoms with van der Waals surface area (Å²) in [4.78, 5) is 50.2. The van der Waals surface area contributed by atoms with Crippen molar-refractivity contribution >= 4 is 41.0 Å². The number of alkyl halides is 3. The van der Waals surface area contributed by atoms with Crippen LogP contribution in [0.5, 0.6) is 0 Å². The van der Waals surface area contributed by atoms with Gasteiger partial charge in [0.05, 0.1) is 34.2 Å². The van der Waals surface area contributed by atoms with Crippen LogP contribution in [0.1, 0.15) is 19.4 Å². The molecule has 4 atom stereocenters. The van der Waals surface area contributed by atoms with Crippen molar-refractivity contribution in [1.82, 2.24) is 0 Å². The number of esters is 2. The Hall–Kier alpha value is -2.92. The fourth-order valence-corrected chi connectivity index (χ4v) is 4.57. The second kappa shape index (κ2) is 7.31. The van der Waals surface area contributed by atoms with Gasteiger partial charge < -0.3 is 14.2 Å². The van der Waals surface area contributed by atoms with E-state index in [0.29, 0.717) is 11.0 Å². The lowest BCUT2D eigenvalue weighted by molar-refractivity contribution is -0.226. The van der Waals surface area contributed by atoms with Crippen molar-refractivity contribution in [3.05, 3.63) is 40.9 Å². The Kier molecular flexibility index (Phi) is 5.09. The number of fused-ring (bicyclic) bond motifs is 5. The third-order valence-corrected chi connectivity index (χ3v) is 5.84. The number of anilines is 1. The van der Waals surface area contributed by atoms with Crippen LogP contribution in [0.3, 0.4) is 0 Å². The second-order valence-electron chi connectivity index (χ2n) is 7.52. The highest BCUT2D eigenvalue weighted by molar-refractivity contribution is 6.31. The molecule has 0 radical (unpaired) electrons. The van der Waals surface area contributed by atoms with Crippen molar-refractivity contribution in [2.45, 2.75) is 38.0 Å². The first-order valence-corrected chi connectivity index (χ1v) is 9.71. The highest BCUT2D eigenvalue weighted by atomic mass is 35.5. The zero-order valence-corrected chi connectivity index (χ0v) is 17.3. The Morgan fingerprint density at radius 3 is 2.34 bits per heavy atom. The lowest BCUT2D eigenvalue weighted by Gasteiger charge is -2.34. The number of nitrogens with zero attached hydrogens (tertiary/aromatic N) is 1. The van der Waals surface area contributed by atoms with E-state index in [1.807, 2.05) is 0 Å². The van der Waals surface area contributed by atoms with Crippen molar-refractivity contribution in [1.29, 1.82) is 0 Å². The van der Waals surface area contributed by atoms with Crippen LogP contribution in [0.15, 0.2) is 30.4 Å². The van der Waals surface area contributed by atoms with Crippen LogP contribution in [0.2, 0.25) is 5.02 Å². The van der Waals surface area contributed by atoms with E-state index in [2.05, 4.69) is 0 Å². The van der Waals surface area contributed by atoms with E-state index >= 15 is 0 Å². The van der Waals surface area contributed by atoms with Crippen LogP contribution in [0, 0.1) is 11.8 Å². The minimum atomic E-state index is -4.81. The van der Waals surface area contributed by atoms with Gasteiger partial charge in [-0.3, -0.25) is 19.2 Å². The van der Waals surface area contributed by atoms with Crippen LogP contribution < -0.4 is 4.90 Å². The molecule has 0 saturated carbocycles. The van der Waals surface area contributed by atoms with Crippen LogP contribution in [0.4, 0.5) is 18.9 Å². The molecule has 0 aromatic heterocycles. The van der Waals surface area contributed by atoms with Gasteiger partial charge >= 0.3 is 18.1 Å². The van der Waals surface area contributed by atoms with Gasteiger partial charge in [0, 0.05) is 13.8 Å². The molecule has 0 aliphatic carbocycles. The SMILES string of the molecule is CC(=O)OC(OC(C)=O)C12C=CC(O1)C1C(=O)N(c3ccc(Cl)c(C(F)(F)F)c3)C(=O)C12. The summed E-state index contributed by atoms with van der Waals surface area (Å²) in [6.45, 7) is 2.10. The van der Waals surface area contributed by atoms with Gasteiger partial charge in [-0.1, -0.05) is 17.7 Å². The van der Waals surface area contributed by atoms with Crippen molar-refractivity contribution in [2.75, 3.05) is 4.90 Å².